The van der Waals surface area contributed by atoms with Crippen molar-refractivity contribution in [3.63, 3.8) is 0 Å². The fourth-order valence-electron chi connectivity index (χ4n) is 2.16. The number of Topliss-reactive ketones (excluding diaryl/α,β-unsaturated/α-hetero) is 1. The predicted molar refractivity (Wildman–Crippen MR) is 85.2 cm³/mol. The van der Waals surface area contributed by atoms with Crippen LogP contribution in [0.25, 0.3) is 0 Å². The van der Waals surface area contributed by atoms with Gasteiger partial charge in [0.1, 0.15) is 17.3 Å². The molecule has 0 radical (unpaired) electrons. The highest BCUT2D eigenvalue weighted by Crippen LogP contribution is 2.24. The molecule has 1 amide bonds. The van der Waals surface area contributed by atoms with Gasteiger partial charge >= 0.3 is 0 Å². The van der Waals surface area contributed by atoms with Crippen LogP contribution >= 0.6 is 0 Å². The van der Waals surface area contributed by atoms with Crippen LogP contribution in [0.4, 0.5) is 0 Å². The normalized spacial score (nSPS) is 10.3. The molecule has 0 aliphatic heterocycles. The van der Waals surface area contributed by atoms with E-state index >= 15 is 0 Å². The minimum Gasteiger partial charge on any atom is -0.457 e. The number of rotatable bonds is 6. The Bertz CT molecular complexity index is 690. The second-order valence-electron chi connectivity index (χ2n) is 5.29. The van der Waals surface area contributed by atoms with Crippen LogP contribution in [0.5, 0.6) is 11.5 Å². The van der Waals surface area contributed by atoms with Gasteiger partial charge in [0.05, 0.1) is 0 Å². The SMILES string of the molecule is CC(=O)CCc1ccc(Oc2ccc(C(N)=O)c(C)c2)cc1. The number of benzene rings is 2. The van der Waals surface area contributed by atoms with Gasteiger partial charge in [-0.25, -0.2) is 0 Å². The van der Waals surface area contributed by atoms with E-state index in [0.717, 1.165) is 17.5 Å². The van der Waals surface area contributed by atoms with Gasteiger partial charge in [0.25, 0.3) is 0 Å². The zero-order valence-corrected chi connectivity index (χ0v) is 12.8. The third-order valence-electron chi connectivity index (χ3n) is 3.39. The van der Waals surface area contributed by atoms with E-state index < -0.39 is 5.91 Å². The number of amides is 1. The first-order valence-corrected chi connectivity index (χ1v) is 7.12. The minimum absolute atomic E-state index is 0.186. The van der Waals surface area contributed by atoms with E-state index in [-0.39, 0.29) is 5.78 Å². The second kappa shape index (κ2) is 6.89. The molecule has 0 aliphatic rings. The zero-order chi connectivity index (χ0) is 16.1. The van der Waals surface area contributed by atoms with Crippen LogP contribution in [0, 0.1) is 6.92 Å². The van der Waals surface area contributed by atoms with Crippen molar-refractivity contribution in [1.82, 2.24) is 0 Å². The number of ketones is 1. The van der Waals surface area contributed by atoms with E-state index in [9.17, 15) is 9.59 Å². The van der Waals surface area contributed by atoms with Crippen LogP contribution < -0.4 is 10.5 Å². The average Bonchev–Trinajstić information content (AvgIpc) is 2.46. The molecule has 114 valence electrons. The Morgan fingerprint density at radius 2 is 1.68 bits per heavy atom. The molecule has 0 unspecified atom stereocenters. The quantitative estimate of drug-likeness (QED) is 0.888. The first-order valence-electron chi connectivity index (χ1n) is 7.12. The largest absolute Gasteiger partial charge is 0.457 e. The van der Waals surface area contributed by atoms with Gasteiger partial charge < -0.3 is 15.3 Å². The molecule has 0 aromatic heterocycles. The lowest BCUT2D eigenvalue weighted by atomic mass is 10.1. The Balaban J connectivity index is 2.06. The third-order valence-corrected chi connectivity index (χ3v) is 3.39. The lowest BCUT2D eigenvalue weighted by Crippen LogP contribution is -2.12. The van der Waals surface area contributed by atoms with E-state index in [1.54, 1.807) is 25.1 Å². The molecule has 2 aromatic carbocycles. The lowest BCUT2D eigenvalue weighted by Gasteiger charge is -2.09. The summed E-state index contributed by atoms with van der Waals surface area (Å²) in [5, 5.41) is 0. The van der Waals surface area contributed by atoms with Gasteiger partial charge in [0.15, 0.2) is 0 Å². The van der Waals surface area contributed by atoms with Crippen LogP contribution in [0.3, 0.4) is 0 Å². The Kier molecular flexibility index (Phi) is 4.94. The maximum absolute atomic E-state index is 11.2. The van der Waals surface area contributed by atoms with Crippen LogP contribution in [-0.4, -0.2) is 11.7 Å². The first-order chi connectivity index (χ1) is 10.5. The summed E-state index contributed by atoms with van der Waals surface area (Å²) in [5.41, 5.74) is 7.65. The summed E-state index contributed by atoms with van der Waals surface area (Å²) >= 11 is 0. The van der Waals surface area contributed by atoms with Gasteiger partial charge in [-0.15, -0.1) is 0 Å². The Morgan fingerprint density at radius 3 is 2.23 bits per heavy atom. The molecule has 0 saturated carbocycles. The molecule has 0 spiro atoms. The number of hydrogen-bond donors (Lipinski definition) is 1. The van der Waals surface area contributed by atoms with E-state index in [1.165, 1.54) is 0 Å². The Labute approximate surface area is 129 Å². The molecule has 2 aromatic rings. The highest BCUT2D eigenvalue weighted by Gasteiger charge is 2.06. The van der Waals surface area contributed by atoms with Crippen molar-refractivity contribution < 1.29 is 14.3 Å². The van der Waals surface area contributed by atoms with E-state index in [2.05, 4.69) is 0 Å². The number of hydrogen-bond acceptors (Lipinski definition) is 3. The molecule has 4 nitrogen and oxygen atoms in total. The predicted octanol–water partition coefficient (Wildman–Crippen LogP) is 3.41. The molecular weight excluding hydrogens is 278 g/mol. The zero-order valence-electron chi connectivity index (χ0n) is 12.8. The number of carbonyl (C=O) groups excluding carboxylic acids is 2. The van der Waals surface area contributed by atoms with Crippen molar-refractivity contribution in [3.8, 4) is 11.5 Å². The highest BCUT2D eigenvalue weighted by atomic mass is 16.5. The van der Waals surface area contributed by atoms with Gasteiger partial charge in [0, 0.05) is 12.0 Å². The molecule has 4 heteroatoms. The number of aryl methyl sites for hydroxylation is 2. The number of ether oxygens (including phenoxy) is 1. The molecule has 0 saturated heterocycles. The fraction of sp³-hybridized carbons (Fsp3) is 0.222. The van der Waals surface area contributed by atoms with Gasteiger partial charge in [-0.05, 0) is 61.7 Å². The number of carbonyl (C=O) groups is 2. The standard InChI is InChI=1S/C18H19NO3/c1-12-11-16(9-10-17(12)18(19)21)22-15-7-5-14(6-8-15)4-3-13(2)20/h5-11H,3-4H2,1-2H3,(H2,19,21). The van der Waals surface area contributed by atoms with Gasteiger partial charge in [0.2, 0.25) is 5.91 Å². The highest BCUT2D eigenvalue weighted by molar-refractivity contribution is 5.94. The molecular formula is C18H19NO3. The first kappa shape index (κ1) is 15.8. The summed E-state index contributed by atoms with van der Waals surface area (Å²) in [5.74, 6) is 1.10. The Hall–Kier alpha value is -2.62. The molecule has 0 heterocycles. The molecule has 2 rings (SSSR count). The van der Waals surface area contributed by atoms with E-state index in [0.29, 0.717) is 23.5 Å². The second-order valence-corrected chi connectivity index (χ2v) is 5.29. The average molecular weight is 297 g/mol. The topological polar surface area (TPSA) is 69.4 Å². The van der Waals surface area contributed by atoms with Crippen LogP contribution in [0.1, 0.15) is 34.8 Å². The summed E-state index contributed by atoms with van der Waals surface area (Å²) in [7, 11) is 0. The van der Waals surface area contributed by atoms with Crippen LogP contribution in [0.15, 0.2) is 42.5 Å². The number of nitrogens with two attached hydrogens (primary N) is 1. The van der Waals surface area contributed by atoms with Crippen molar-refractivity contribution in [2.24, 2.45) is 5.73 Å². The minimum atomic E-state index is -0.445. The summed E-state index contributed by atoms with van der Waals surface area (Å²) in [4.78, 5) is 22.2. The van der Waals surface area contributed by atoms with Crippen LogP contribution in [0.2, 0.25) is 0 Å². The Morgan fingerprint density at radius 1 is 1.05 bits per heavy atom. The lowest BCUT2D eigenvalue weighted by molar-refractivity contribution is -0.116. The summed E-state index contributed by atoms with van der Waals surface area (Å²) in [6.45, 7) is 3.41. The monoisotopic (exact) mass is 297 g/mol. The number of primary amides is 1. The molecule has 0 aliphatic carbocycles. The van der Waals surface area contributed by atoms with Gasteiger partial charge in [-0.2, -0.15) is 0 Å². The molecule has 0 atom stereocenters. The smallest absolute Gasteiger partial charge is 0.248 e. The van der Waals surface area contributed by atoms with Crippen LogP contribution in [-0.2, 0) is 11.2 Å². The van der Waals surface area contributed by atoms with E-state index in [4.69, 9.17) is 10.5 Å². The molecule has 0 bridgehead atoms. The van der Waals surface area contributed by atoms with Gasteiger partial charge in [-0.1, -0.05) is 12.1 Å². The fourth-order valence-corrected chi connectivity index (χ4v) is 2.16. The maximum Gasteiger partial charge on any atom is 0.248 e. The van der Waals surface area contributed by atoms with Crippen molar-refractivity contribution in [3.05, 3.63) is 59.2 Å². The van der Waals surface area contributed by atoms with Crippen molar-refractivity contribution in [1.29, 1.82) is 0 Å². The maximum atomic E-state index is 11.2. The summed E-state index contributed by atoms with van der Waals surface area (Å²) in [6, 6.07) is 12.8. The van der Waals surface area contributed by atoms with Crippen molar-refractivity contribution in [2.75, 3.05) is 0 Å². The third kappa shape index (κ3) is 4.19. The van der Waals surface area contributed by atoms with Crippen molar-refractivity contribution in [2.45, 2.75) is 26.7 Å². The van der Waals surface area contributed by atoms with Gasteiger partial charge in [-0.3, -0.25) is 4.79 Å². The summed E-state index contributed by atoms with van der Waals surface area (Å²) < 4.78 is 5.76. The molecule has 0 fully saturated rings. The summed E-state index contributed by atoms with van der Waals surface area (Å²) in [6.07, 6.45) is 1.29. The van der Waals surface area contributed by atoms with E-state index in [1.807, 2.05) is 31.2 Å². The molecule has 2 N–H and O–H groups in total. The molecule has 22 heavy (non-hydrogen) atoms. The van der Waals surface area contributed by atoms with Crippen molar-refractivity contribution >= 4 is 11.7 Å².